The summed E-state index contributed by atoms with van der Waals surface area (Å²) in [5, 5.41) is 9.53. The second kappa shape index (κ2) is 6.32. The van der Waals surface area contributed by atoms with Crippen LogP contribution >= 0.6 is 0 Å². The Labute approximate surface area is 130 Å². The van der Waals surface area contributed by atoms with Crippen molar-refractivity contribution in [2.24, 2.45) is 0 Å². The van der Waals surface area contributed by atoms with E-state index in [0.29, 0.717) is 12.1 Å². The monoisotopic (exact) mass is 298 g/mol. The summed E-state index contributed by atoms with van der Waals surface area (Å²) in [5.41, 5.74) is 1.91. The zero-order valence-corrected chi connectivity index (χ0v) is 12.9. The molecule has 5 nitrogen and oxygen atoms in total. The number of nitrogens with one attached hydrogen (secondary N) is 2. The van der Waals surface area contributed by atoms with Crippen LogP contribution in [0.25, 0.3) is 0 Å². The normalized spacial score (nSPS) is 21.9. The van der Waals surface area contributed by atoms with Crippen LogP contribution in [0.3, 0.4) is 0 Å². The van der Waals surface area contributed by atoms with Crippen molar-refractivity contribution in [1.82, 2.24) is 20.4 Å². The minimum absolute atomic E-state index is 0.00916. The third-order valence-electron chi connectivity index (χ3n) is 4.51. The third kappa shape index (κ3) is 3.20. The number of likely N-dealkylation sites (tertiary alicyclic amines) is 1. The average Bonchev–Trinajstić information content (AvgIpc) is 3.18. The lowest BCUT2D eigenvalue weighted by atomic mass is 9.98. The molecule has 116 valence electrons. The number of hydrogen-bond donors (Lipinski definition) is 2. The van der Waals surface area contributed by atoms with Crippen molar-refractivity contribution in [3.05, 3.63) is 53.9 Å². The number of aromatic nitrogens is 2. The lowest BCUT2D eigenvalue weighted by molar-refractivity contribution is 0.0897. The maximum atomic E-state index is 12.1. The molecular formula is C17H22N4O. The Morgan fingerprint density at radius 3 is 2.95 bits per heavy atom. The summed E-state index contributed by atoms with van der Waals surface area (Å²) in [5.74, 6) is -0.0680. The van der Waals surface area contributed by atoms with Crippen LogP contribution < -0.4 is 5.32 Å². The Hall–Kier alpha value is -2.14. The van der Waals surface area contributed by atoms with Crippen LogP contribution in [-0.4, -0.2) is 39.6 Å². The Bertz CT molecular complexity index is 611. The SMILES string of the molecule is CC1(CNC(=O)c2cn[nH]c2)CCCN1Cc1ccccc1. The van der Waals surface area contributed by atoms with E-state index in [1.165, 1.54) is 12.0 Å². The summed E-state index contributed by atoms with van der Waals surface area (Å²) in [6.07, 6.45) is 5.44. The van der Waals surface area contributed by atoms with Gasteiger partial charge in [-0.3, -0.25) is 14.8 Å². The highest BCUT2D eigenvalue weighted by molar-refractivity contribution is 5.93. The number of nitrogens with zero attached hydrogens (tertiary/aromatic N) is 2. The topological polar surface area (TPSA) is 61.0 Å². The fraction of sp³-hybridized carbons (Fsp3) is 0.412. The molecule has 1 aromatic carbocycles. The molecule has 0 aliphatic carbocycles. The smallest absolute Gasteiger partial charge is 0.254 e. The van der Waals surface area contributed by atoms with Crippen LogP contribution in [0.5, 0.6) is 0 Å². The predicted octanol–water partition coefficient (Wildman–Crippen LogP) is 2.19. The molecular weight excluding hydrogens is 276 g/mol. The second-order valence-corrected chi connectivity index (χ2v) is 6.18. The number of hydrogen-bond acceptors (Lipinski definition) is 3. The van der Waals surface area contributed by atoms with Crippen LogP contribution in [-0.2, 0) is 6.54 Å². The number of carbonyl (C=O) groups is 1. The third-order valence-corrected chi connectivity index (χ3v) is 4.51. The Morgan fingerprint density at radius 1 is 1.41 bits per heavy atom. The molecule has 0 radical (unpaired) electrons. The van der Waals surface area contributed by atoms with Gasteiger partial charge in [-0.05, 0) is 31.9 Å². The van der Waals surface area contributed by atoms with Gasteiger partial charge >= 0.3 is 0 Å². The first-order valence-corrected chi connectivity index (χ1v) is 7.73. The molecule has 1 amide bonds. The first-order chi connectivity index (χ1) is 10.7. The van der Waals surface area contributed by atoms with E-state index >= 15 is 0 Å². The van der Waals surface area contributed by atoms with Crippen molar-refractivity contribution in [2.45, 2.75) is 31.8 Å². The van der Waals surface area contributed by atoms with Gasteiger partial charge in [-0.15, -0.1) is 0 Å². The fourth-order valence-corrected chi connectivity index (χ4v) is 3.10. The number of carbonyl (C=O) groups excluding carboxylic acids is 1. The molecule has 1 fully saturated rings. The summed E-state index contributed by atoms with van der Waals surface area (Å²) >= 11 is 0. The lowest BCUT2D eigenvalue weighted by Gasteiger charge is -2.35. The molecule has 1 saturated heterocycles. The van der Waals surface area contributed by atoms with E-state index in [-0.39, 0.29) is 11.4 Å². The summed E-state index contributed by atoms with van der Waals surface area (Å²) in [6, 6.07) is 10.5. The van der Waals surface area contributed by atoms with Gasteiger partial charge in [-0.2, -0.15) is 5.10 Å². The van der Waals surface area contributed by atoms with Gasteiger partial charge in [0.15, 0.2) is 0 Å². The van der Waals surface area contributed by atoms with Crippen LogP contribution in [0.15, 0.2) is 42.7 Å². The number of benzene rings is 1. The number of H-pyrrole nitrogens is 1. The first kappa shape index (κ1) is 14.8. The quantitative estimate of drug-likeness (QED) is 0.889. The Balaban J connectivity index is 1.62. The number of aromatic amines is 1. The molecule has 0 spiro atoms. The predicted molar refractivity (Wildman–Crippen MR) is 85.4 cm³/mol. The molecule has 2 N–H and O–H groups in total. The largest absolute Gasteiger partial charge is 0.350 e. The lowest BCUT2D eigenvalue weighted by Crippen LogP contribution is -2.49. The van der Waals surface area contributed by atoms with Gasteiger partial charge in [0.2, 0.25) is 0 Å². The molecule has 2 aromatic rings. The van der Waals surface area contributed by atoms with E-state index in [9.17, 15) is 4.79 Å². The van der Waals surface area contributed by atoms with E-state index in [2.05, 4.69) is 51.6 Å². The number of rotatable bonds is 5. The van der Waals surface area contributed by atoms with Crippen molar-refractivity contribution in [1.29, 1.82) is 0 Å². The van der Waals surface area contributed by atoms with E-state index in [0.717, 1.165) is 19.5 Å². The highest BCUT2D eigenvalue weighted by Crippen LogP contribution is 2.30. The van der Waals surface area contributed by atoms with Gasteiger partial charge in [0.05, 0.1) is 11.8 Å². The van der Waals surface area contributed by atoms with Gasteiger partial charge in [-0.1, -0.05) is 30.3 Å². The maximum absolute atomic E-state index is 12.1. The standard InChI is InChI=1S/C17H22N4O/c1-17(13-18-16(22)15-10-19-20-11-15)8-5-9-21(17)12-14-6-3-2-4-7-14/h2-4,6-7,10-11H,5,8-9,12-13H2,1H3,(H,18,22)(H,19,20). The molecule has 5 heteroatoms. The van der Waals surface area contributed by atoms with Crippen molar-refractivity contribution < 1.29 is 4.79 Å². The highest BCUT2D eigenvalue weighted by atomic mass is 16.1. The van der Waals surface area contributed by atoms with Crippen LogP contribution in [0.1, 0.15) is 35.7 Å². The zero-order chi connectivity index (χ0) is 15.4. The fourth-order valence-electron chi connectivity index (χ4n) is 3.10. The summed E-state index contributed by atoms with van der Waals surface area (Å²) < 4.78 is 0. The van der Waals surface area contributed by atoms with Crippen LogP contribution in [0.4, 0.5) is 0 Å². The minimum atomic E-state index is -0.0680. The molecule has 1 aliphatic rings. The van der Waals surface area contributed by atoms with Gasteiger partial charge in [0, 0.05) is 24.8 Å². The highest BCUT2D eigenvalue weighted by Gasteiger charge is 2.36. The van der Waals surface area contributed by atoms with Crippen molar-refractivity contribution in [3.63, 3.8) is 0 Å². The first-order valence-electron chi connectivity index (χ1n) is 7.73. The van der Waals surface area contributed by atoms with Gasteiger partial charge in [0.1, 0.15) is 0 Å². The summed E-state index contributed by atoms with van der Waals surface area (Å²) in [4.78, 5) is 14.6. The average molecular weight is 298 g/mol. The molecule has 1 aliphatic heterocycles. The maximum Gasteiger partial charge on any atom is 0.254 e. The van der Waals surface area contributed by atoms with Crippen molar-refractivity contribution >= 4 is 5.91 Å². The minimum Gasteiger partial charge on any atom is -0.350 e. The molecule has 1 aromatic heterocycles. The molecule has 3 rings (SSSR count). The van der Waals surface area contributed by atoms with E-state index in [4.69, 9.17) is 0 Å². The molecule has 2 heterocycles. The van der Waals surface area contributed by atoms with Gasteiger partial charge < -0.3 is 5.32 Å². The van der Waals surface area contributed by atoms with Crippen LogP contribution in [0.2, 0.25) is 0 Å². The molecule has 1 unspecified atom stereocenters. The second-order valence-electron chi connectivity index (χ2n) is 6.18. The van der Waals surface area contributed by atoms with E-state index in [1.807, 2.05) is 6.07 Å². The summed E-state index contributed by atoms with van der Waals surface area (Å²) in [7, 11) is 0. The van der Waals surface area contributed by atoms with Crippen molar-refractivity contribution in [2.75, 3.05) is 13.1 Å². The number of amides is 1. The Morgan fingerprint density at radius 2 is 2.23 bits per heavy atom. The molecule has 1 atom stereocenters. The van der Waals surface area contributed by atoms with E-state index in [1.54, 1.807) is 12.4 Å². The van der Waals surface area contributed by atoms with Crippen LogP contribution in [0, 0.1) is 0 Å². The molecule has 0 saturated carbocycles. The van der Waals surface area contributed by atoms with Gasteiger partial charge in [-0.25, -0.2) is 0 Å². The molecule has 22 heavy (non-hydrogen) atoms. The Kier molecular flexibility index (Phi) is 4.24. The zero-order valence-electron chi connectivity index (χ0n) is 12.9. The summed E-state index contributed by atoms with van der Waals surface area (Å²) in [6.45, 7) is 4.90. The van der Waals surface area contributed by atoms with Gasteiger partial charge in [0.25, 0.3) is 5.91 Å². The van der Waals surface area contributed by atoms with E-state index < -0.39 is 0 Å². The molecule has 0 bridgehead atoms. The van der Waals surface area contributed by atoms with Crippen molar-refractivity contribution in [3.8, 4) is 0 Å².